The largest absolute Gasteiger partial charge is 0.269 e. The van der Waals surface area contributed by atoms with E-state index in [9.17, 15) is 10.1 Å². The van der Waals surface area contributed by atoms with Crippen LogP contribution in [0.5, 0.6) is 0 Å². The molecule has 4 rings (SSSR count). The first-order valence-electron chi connectivity index (χ1n) is 9.45. The molecule has 0 bridgehead atoms. The monoisotopic (exact) mass is 397 g/mol. The maximum Gasteiger partial charge on any atom is 0.269 e. The van der Waals surface area contributed by atoms with Gasteiger partial charge in [0.05, 0.1) is 27.4 Å². The summed E-state index contributed by atoms with van der Waals surface area (Å²) in [5.74, 6) is 0.582. The van der Waals surface area contributed by atoms with E-state index in [0.717, 1.165) is 27.9 Å². The number of anilines is 1. The van der Waals surface area contributed by atoms with E-state index in [1.807, 2.05) is 61.5 Å². The van der Waals surface area contributed by atoms with E-state index < -0.39 is 4.92 Å². The van der Waals surface area contributed by atoms with E-state index in [0.29, 0.717) is 18.0 Å². The summed E-state index contributed by atoms with van der Waals surface area (Å²) in [7, 11) is 0. The molecule has 0 spiro atoms. The Morgan fingerprint density at radius 3 is 2.23 bits per heavy atom. The minimum atomic E-state index is -0.422. The fourth-order valence-electron chi connectivity index (χ4n) is 3.06. The summed E-state index contributed by atoms with van der Waals surface area (Å²) in [6.45, 7) is 1.83. The SMILES string of the molecule is C/C(=N\Nc1nc2ccccc2nc1Cc1ccccc1)c1ccc([N+](=O)[O-])cc1. The first-order chi connectivity index (χ1) is 14.6. The number of para-hydroxylation sites is 2. The van der Waals surface area contributed by atoms with Crippen LogP contribution in [0.3, 0.4) is 0 Å². The molecule has 1 N–H and O–H groups in total. The topological polar surface area (TPSA) is 93.3 Å². The van der Waals surface area contributed by atoms with Gasteiger partial charge in [-0.05, 0) is 42.3 Å². The molecule has 0 unspecified atom stereocenters. The van der Waals surface area contributed by atoms with Gasteiger partial charge in [-0.25, -0.2) is 9.97 Å². The zero-order chi connectivity index (χ0) is 20.9. The van der Waals surface area contributed by atoms with Crippen LogP contribution >= 0.6 is 0 Å². The molecule has 0 saturated heterocycles. The van der Waals surface area contributed by atoms with Crippen LogP contribution in [-0.2, 0) is 6.42 Å². The summed E-state index contributed by atoms with van der Waals surface area (Å²) in [6, 6.07) is 24.0. The van der Waals surface area contributed by atoms with Crippen molar-refractivity contribution in [1.29, 1.82) is 0 Å². The van der Waals surface area contributed by atoms with E-state index >= 15 is 0 Å². The van der Waals surface area contributed by atoms with Crippen LogP contribution in [0.2, 0.25) is 0 Å². The Hall–Kier alpha value is -4.13. The van der Waals surface area contributed by atoms with Crippen molar-refractivity contribution in [2.45, 2.75) is 13.3 Å². The zero-order valence-corrected chi connectivity index (χ0v) is 16.3. The zero-order valence-electron chi connectivity index (χ0n) is 16.3. The number of fused-ring (bicyclic) bond motifs is 1. The van der Waals surface area contributed by atoms with Gasteiger partial charge in [0.25, 0.3) is 5.69 Å². The Morgan fingerprint density at radius 1 is 0.933 bits per heavy atom. The molecular weight excluding hydrogens is 378 g/mol. The quantitative estimate of drug-likeness (QED) is 0.282. The van der Waals surface area contributed by atoms with Crippen LogP contribution < -0.4 is 5.43 Å². The van der Waals surface area contributed by atoms with E-state index in [1.54, 1.807) is 12.1 Å². The second-order valence-corrected chi connectivity index (χ2v) is 6.78. The van der Waals surface area contributed by atoms with Crippen molar-refractivity contribution in [3.8, 4) is 0 Å². The Balaban J connectivity index is 1.65. The number of nitro groups is 1. The van der Waals surface area contributed by atoms with Crippen molar-refractivity contribution >= 4 is 28.3 Å². The van der Waals surface area contributed by atoms with Gasteiger partial charge in [-0.1, -0.05) is 42.5 Å². The summed E-state index contributed by atoms with van der Waals surface area (Å²) < 4.78 is 0. The molecule has 0 saturated carbocycles. The van der Waals surface area contributed by atoms with Crippen LogP contribution in [0.4, 0.5) is 11.5 Å². The van der Waals surface area contributed by atoms with Gasteiger partial charge in [0.2, 0.25) is 0 Å². The molecule has 0 atom stereocenters. The van der Waals surface area contributed by atoms with Gasteiger partial charge in [0.1, 0.15) is 0 Å². The molecule has 0 aliphatic rings. The molecule has 30 heavy (non-hydrogen) atoms. The molecular formula is C23H19N5O2. The number of hydrazone groups is 1. The van der Waals surface area contributed by atoms with Gasteiger partial charge in [-0.3, -0.25) is 15.5 Å². The third kappa shape index (κ3) is 4.30. The van der Waals surface area contributed by atoms with Gasteiger partial charge in [-0.2, -0.15) is 5.10 Å². The minimum absolute atomic E-state index is 0.0463. The fraction of sp³-hybridized carbons (Fsp3) is 0.0870. The molecule has 0 fully saturated rings. The van der Waals surface area contributed by atoms with Crippen molar-refractivity contribution in [3.63, 3.8) is 0 Å². The summed E-state index contributed by atoms with van der Waals surface area (Å²) in [6.07, 6.45) is 0.618. The van der Waals surface area contributed by atoms with Crippen molar-refractivity contribution in [3.05, 3.63) is 106 Å². The number of rotatable bonds is 6. The predicted octanol–water partition coefficient (Wildman–Crippen LogP) is 4.96. The van der Waals surface area contributed by atoms with E-state index in [2.05, 4.69) is 10.5 Å². The Kier molecular flexibility index (Phi) is 5.43. The Bertz CT molecular complexity index is 1220. The maximum atomic E-state index is 10.8. The first kappa shape index (κ1) is 19.2. The molecule has 1 heterocycles. The number of benzene rings is 3. The first-order valence-corrected chi connectivity index (χ1v) is 9.45. The van der Waals surface area contributed by atoms with Crippen LogP contribution in [0, 0.1) is 10.1 Å². The lowest BCUT2D eigenvalue weighted by Gasteiger charge is -2.10. The second kappa shape index (κ2) is 8.48. The second-order valence-electron chi connectivity index (χ2n) is 6.78. The number of nitro benzene ring substituents is 1. The normalized spacial score (nSPS) is 11.4. The highest BCUT2D eigenvalue weighted by Gasteiger charge is 2.10. The van der Waals surface area contributed by atoms with Crippen molar-refractivity contribution < 1.29 is 4.92 Å². The van der Waals surface area contributed by atoms with Crippen molar-refractivity contribution in [2.24, 2.45) is 5.10 Å². The van der Waals surface area contributed by atoms with Gasteiger partial charge in [0.15, 0.2) is 5.82 Å². The number of non-ortho nitro benzene ring substituents is 1. The average Bonchev–Trinajstić information content (AvgIpc) is 2.78. The van der Waals surface area contributed by atoms with Gasteiger partial charge in [0, 0.05) is 18.6 Å². The van der Waals surface area contributed by atoms with Crippen LogP contribution in [0.15, 0.2) is 84.0 Å². The highest BCUT2D eigenvalue weighted by molar-refractivity contribution is 5.99. The number of nitrogens with zero attached hydrogens (tertiary/aromatic N) is 4. The Labute approximate surface area is 173 Å². The molecule has 4 aromatic rings. The van der Waals surface area contributed by atoms with Crippen LogP contribution in [0.1, 0.15) is 23.7 Å². The lowest BCUT2D eigenvalue weighted by Crippen LogP contribution is -2.06. The molecule has 0 radical (unpaired) electrons. The highest BCUT2D eigenvalue weighted by Crippen LogP contribution is 2.20. The Morgan fingerprint density at radius 2 is 1.57 bits per heavy atom. The third-order valence-electron chi connectivity index (χ3n) is 4.68. The van der Waals surface area contributed by atoms with E-state index in [-0.39, 0.29) is 5.69 Å². The number of hydrogen-bond acceptors (Lipinski definition) is 6. The molecule has 0 aliphatic heterocycles. The fourth-order valence-corrected chi connectivity index (χ4v) is 3.06. The van der Waals surface area contributed by atoms with Crippen molar-refractivity contribution in [2.75, 3.05) is 5.43 Å². The van der Waals surface area contributed by atoms with Crippen LogP contribution in [0.25, 0.3) is 11.0 Å². The third-order valence-corrected chi connectivity index (χ3v) is 4.68. The molecule has 7 heteroatoms. The van der Waals surface area contributed by atoms with Crippen LogP contribution in [-0.4, -0.2) is 20.6 Å². The molecule has 3 aromatic carbocycles. The summed E-state index contributed by atoms with van der Waals surface area (Å²) >= 11 is 0. The van der Waals surface area contributed by atoms with Gasteiger partial charge < -0.3 is 0 Å². The summed E-state index contributed by atoms with van der Waals surface area (Å²) in [5, 5.41) is 15.3. The standard InChI is InChI=1S/C23H19N5O2/c1-16(18-11-13-19(14-12-18)28(29)30)26-27-23-22(15-17-7-3-2-4-8-17)24-20-9-5-6-10-21(20)25-23/h2-14H,15H2,1H3,(H,25,27)/b26-16+. The molecule has 7 nitrogen and oxygen atoms in total. The van der Waals surface area contributed by atoms with E-state index in [4.69, 9.17) is 9.97 Å². The summed E-state index contributed by atoms with van der Waals surface area (Å²) in [4.78, 5) is 19.9. The van der Waals surface area contributed by atoms with Gasteiger partial charge in [-0.15, -0.1) is 0 Å². The molecule has 148 valence electrons. The number of hydrogen-bond donors (Lipinski definition) is 1. The number of nitrogens with one attached hydrogen (secondary N) is 1. The van der Waals surface area contributed by atoms with Gasteiger partial charge >= 0.3 is 0 Å². The number of aromatic nitrogens is 2. The lowest BCUT2D eigenvalue weighted by molar-refractivity contribution is -0.384. The smallest absolute Gasteiger partial charge is 0.260 e. The van der Waals surface area contributed by atoms with E-state index in [1.165, 1.54) is 12.1 Å². The average molecular weight is 397 g/mol. The lowest BCUT2D eigenvalue weighted by atomic mass is 10.1. The summed E-state index contributed by atoms with van der Waals surface area (Å²) in [5.41, 5.74) is 8.08. The minimum Gasteiger partial charge on any atom is -0.260 e. The maximum absolute atomic E-state index is 10.8. The predicted molar refractivity (Wildman–Crippen MR) is 118 cm³/mol. The molecule has 0 aliphatic carbocycles. The molecule has 1 aromatic heterocycles. The molecule has 0 amide bonds. The highest BCUT2D eigenvalue weighted by atomic mass is 16.6. The van der Waals surface area contributed by atoms with Crippen molar-refractivity contribution in [1.82, 2.24) is 9.97 Å².